The molecule has 2 amide bonds. The number of benzene rings is 2. The lowest BCUT2D eigenvalue weighted by molar-refractivity contribution is -0.128. The zero-order valence-electron chi connectivity index (χ0n) is 13.8. The number of carbonyl (C=O) groups excluding carboxylic acids is 2. The molecule has 132 valence electrons. The lowest BCUT2D eigenvalue weighted by Gasteiger charge is -2.11. The summed E-state index contributed by atoms with van der Waals surface area (Å²) in [5, 5.41) is 1.44. The summed E-state index contributed by atoms with van der Waals surface area (Å²) in [5.74, 6) is -0.187. The Morgan fingerprint density at radius 2 is 1.96 bits per heavy atom. The fraction of sp³-hybridized carbons (Fsp3) is 0.158. The number of furan rings is 1. The molecule has 1 aliphatic heterocycles. The van der Waals surface area contributed by atoms with Crippen LogP contribution in [0.5, 0.6) is 5.75 Å². The van der Waals surface area contributed by atoms with Crippen LogP contribution in [0.15, 0.2) is 46.9 Å². The van der Waals surface area contributed by atoms with Crippen molar-refractivity contribution >= 4 is 34.4 Å². The Hall–Kier alpha value is -2.99. The number of hydrazine groups is 1. The quantitative estimate of drug-likeness (QED) is 0.679. The number of hydrogen-bond acceptors (Lipinski definition) is 4. The van der Waals surface area contributed by atoms with Crippen LogP contribution < -0.4 is 15.6 Å². The molecule has 1 aliphatic rings. The molecule has 6 nitrogen and oxygen atoms in total. The largest absolute Gasteiger partial charge is 0.480 e. The summed E-state index contributed by atoms with van der Waals surface area (Å²) >= 11 is 5.95. The van der Waals surface area contributed by atoms with Crippen LogP contribution in [-0.2, 0) is 11.2 Å². The fourth-order valence-electron chi connectivity index (χ4n) is 3.01. The van der Waals surface area contributed by atoms with Gasteiger partial charge in [-0.3, -0.25) is 20.4 Å². The van der Waals surface area contributed by atoms with Gasteiger partial charge in [0.05, 0.1) is 0 Å². The van der Waals surface area contributed by atoms with Crippen LogP contribution in [0.2, 0.25) is 5.02 Å². The summed E-state index contributed by atoms with van der Waals surface area (Å²) in [4.78, 5) is 24.6. The summed E-state index contributed by atoms with van der Waals surface area (Å²) in [7, 11) is 0. The van der Waals surface area contributed by atoms with Gasteiger partial charge < -0.3 is 9.15 Å². The molecule has 0 bridgehead atoms. The lowest BCUT2D eigenvalue weighted by Crippen LogP contribution is -2.47. The topological polar surface area (TPSA) is 80.6 Å². The minimum atomic E-state index is -0.722. The van der Waals surface area contributed by atoms with Gasteiger partial charge >= 0.3 is 5.91 Å². The summed E-state index contributed by atoms with van der Waals surface area (Å²) in [6.45, 7) is 1.79. The summed E-state index contributed by atoms with van der Waals surface area (Å²) in [5.41, 5.74) is 6.96. The monoisotopic (exact) mass is 370 g/mol. The predicted molar refractivity (Wildman–Crippen MR) is 96.1 cm³/mol. The molecular formula is C19H15ClN2O4. The standard InChI is InChI=1S/C19H15ClN2O4/c1-10-13-4-2-3-5-15(13)26-17(10)19(24)22-21-18(23)16-9-11-8-12(20)6-7-14(11)25-16/h2-8,16H,9H2,1H3,(H,21,23)(H,22,24). The van der Waals surface area contributed by atoms with Gasteiger partial charge in [-0.05, 0) is 36.8 Å². The van der Waals surface area contributed by atoms with Gasteiger partial charge in [0.15, 0.2) is 11.9 Å². The third-order valence-electron chi connectivity index (χ3n) is 4.34. The smallest absolute Gasteiger partial charge is 0.305 e. The number of amides is 2. The van der Waals surface area contributed by atoms with Crippen molar-refractivity contribution in [1.29, 1.82) is 0 Å². The molecule has 2 N–H and O–H groups in total. The Balaban J connectivity index is 1.41. The van der Waals surface area contributed by atoms with E-state index in [9.17, 15) is 9.59 Å². The number of hydrogen-bond donors (Lipinski definition) is 2. The molecular weight excluding hydrogens is 356 g/mol. The van der Waals surface area contributed by atoms with Crippen LogP contribution in [0, 0.1) is 6.92 Å². The summed E-state index contributed by atoms with van der Waals surface area (Å²) in [6.07, 6.45) is -0.332. The molecule has 0 saturated heterocycles. The predicted octanol–water partition coefficient (Wildman–Crippen LogP) is 3.16. The highest BCUT2D eigenvalue weighted by molar-refractivity contribution is 6.30. The van der Waals surface area contributed by atoms with Gasteiger partial charge in [-0.15, -0.1) is 0 Å². The van der Waals surface area contributed by atoms with Crippen molar-refractivity contribution in [2.24, 2.45) is 0 Å². The van der Waals surface area contributed by atoms with E-state index < -0.39 is 17.9 Å². The number of halogens is 1. The van der Waals surface area contributed by atoms with E-state index in [0.717, 1.165) is 10.9 Å². The maximum Gasteiger partial charge on any atom is 0.305 e. The molecule has 1 atom stereocenters. The highest BCUT2D eigenvalue weighted by Crippen LogP contribution is 2.31. The van der Waals surface area contributed by atoms with Crippen molar-refractivity contribution in [3.8, 4) is 5.75 Å². The van der Waals surface area contributed by atoms with Gasteiger partial charge in [-0.1, -0.05) is 29.8 Å². The Kier molecular flexibility index (Phi) is 4.05. The average molecular weight is 371 g/mol. The minimum absolute atomic E-state index is 0.161. The van der Waals surface area contributed by atoms with Gasteiger partial charge in [0.2, 0.25) is 0 Å². The van der Waals surface area contributed by atoms with E-state index in [0.29, 0.717) is 28.3 Å². The molecule has 1 unspecified atom stereocenters. The molecule has 0 radical (unpaired) electrons. The number of ether oxygens (including phenoxy) is 1. The Morgan fingerprint density at radius 3 is 2.77 bits per heavy atom. The van der Waals surface area contributed by atoms with Crippen molar-refractivity contribution in [1.82, 2.24) is 10.9 Å². The van der Waals surface area contributed by atoms with E-state index in [-0.39, 0.29) is 5.76 Å². The third kappa shape index (κ3) is 2.88. The molecule has 0 saturated carbocycles. The third-order valence-corrected chi connectivity index (χ3v) is 4.57. The van der Waals surface area contributed by atoms with Crippen molar-refractivity contribution in [2.45, 2.75) is 19.4 Å². The second-order valence-electron chi connectivity index (χ2n) is 6.06. The molecule has 26 heavy (non-hydrogen) atoms. The van der Waals surface area contributed by atoms with Crippen molar-refractivity contribution in [3.05, 3.63) is 64.4 Å². The highest BCUT2D eigenvalue weighted by Gasteiger charge is 2.30. The number of nitrogens with one attached hydrogen (secondary N) is 2. The minimum Gasteiger partial charge on any atom is -0.480 e. The van der Waals surface area contributed by atoms with Crippen LogP contribution in [0.1, 0.15) is 21.7 Å². The van der Waals surface area contributed by atoms with Crippen LogP contribution >= 0.6 is 11.6 Å². The van der Waals surface area contributed by atoms with Gasteiger partial charge in [-0.25, -0.2) is 0 Å². The summed E-state index contributed by atoms with van der Waals surface area (Å²) in [6, 6.07) is 12.5. The molecule has 4 rings (SSSR count). The van der Waals surface area contributed by atoms with Crippen LogP contribution in [0.25, 0.3) is 11.0 Å². The van der Waals surface area contributed by atoms with Crippen LogP contribution in [0.3, 0.4) is 0 Å². The molecule has 7 heteroatoms. The molecule has 0 aliphatic carbocycles. The first-order valence-electron chi connectivity index (χ1n) is 8.06. The maximum absolute atomic E-state index is 12.3. The average Bonchev–Trinajstić information content (AvgIpc) is 3.21. The van der Waals surface area contributed by atoms with E-state index >= 15 is 0 Å². The molecule has 0 spiro atoms. The summed E-state index contributed by atoms with van der Waals surface area (Å²) < 4.78 is 11.2. The van der Waals surface area contributed by atoms with Crippen molar-refractivity contribution in [2.75, 3.05) is 0 Å². The first kappa shape index (κ1) is 16.5. The lowest BCUT2D eigenvalue weighted by atomic mass is 10.1. The SMILES string of the molecule is Cc1c(C(=O)NNC(=O)C2Cc3cc(Cl)ccc3O2)oc2ccccc12. The van der Waals surface area contributed by atoms with Gasteiger partial charge in [0.1, 0.15) is 11.3 Å². The van der Waals surface area contributed by atoms with Crippen molar-refractivity contribution < 1.29 is 18.7 Å². The van der Waals surface area contributed by atoms with E-state index in [4.69, 9.17) is 20.8 Å². The number of rotatable bonds is 2. The molecule has 2 heterocycles. The fourth-order valence-corrected chi connectivity index (χ4v) is 3.20. The van der Waals surface area contributed by atoms with E-state index in [1.165, 1.54) is 0 Å². The Bertz CT molecular complexity index is 1030. The van der Waals surface area contributed by atoms with Crippen LogP contribution in [-0.4, -0.2) is 17.9 Å². The van der Waals surface area contributed by atoms with E-state index in [1.54, 1.807) is 31.2 Å². The van der Waals surface area contributed by atoms with E-state index in [1.807, 2.05) is 18.2 Å². The zero-order valence-corrected chi connectivity index (χ0v) is 14.6. The molecule has 2 aromatic carbocycles. The number of carbonyl (C=O) groups is 2. The Morgan fingerprint density at radius 1 is 1.15 bits per heavy atom. The van der Waals surface area contributed by atoms with Gasteiger partial charge in [0, 0.05) is 22.4 Å². The van der Waals surface area contributed by atoms with Crippen LogP contribution in [0.4, 0.5) is 0 Å². The Labute approximate surface area is 154 Å². The van der Waals surface area contributed by atoms with E-state index in [2.05, 4.69) is 10.9 Å². The molecule has 1 aromatic heterocycles. The zero-order chi connectivity index (χ0) is 18.3. The van der Waals surface area contributed by atoms with Gasteiger partial charge in [0.25, 0.3) is 5.91 Å². The second kappa shape index (κ2) is 6.38. The number of aryl methyl sites for hydroxylation is 1. The number of para-hydroxylation sites is 1. The number of fused-ring (bicyclic) bond motifs is 2. The highest BCUT2D eigenvalue weighted by atomic mass is 35.5. The van der Waals surface area contributed by atoms with Gasteiger partial charge in [-0.2, -0.15) is 0 Å². The van der Waals surface area contributed by atoms with Crippen molar-refractivity contribution in [3.63, 3.8) is 0 Å². The first-order chi connectivity index (χ1) is 12.5. The second-order valence-corrected chi connectivity index (χ2v) is 6.49. The molecule has 0 fully saturated rings. The maximum atomic E-state index is 12.3. The first-order valence-corrected chi connectivity index (χ1v) is 8.44. The molecule has 3 aromatic rings. The normalized spacial score (nSPS) is 15.4.